The van der Waals surface area contributed by atoms with Gasteiger partial charge in [-0.15, -0.1) is 0 Å². The van der Waals surface area contributed by atoms with Gasteiger partial charge in [0.05, 0.1) is 5.69 Å². The van der Waals surface area contributed by atoms with E-state index in [0.29, 0.717) is 12.1 Å². The van der Waals surface area contributed by atoms with Gasteiger partial charge < -0.3 is 20.7 Å². The molecule has 0 unspecified atom stereocenters. The molecule has 0 spiro atoms. The van der Waals surface area contributed by atoms with Crippen molar-refractivity contribution in [3.8, 4) is 11.5 Å². The third kappa shape index (κ3) is 5.90. The summed E-state index contributed by atoms with van der Waals surface area (Å²) in [5.41, 5.74) is -3.87. The van der Waals surface area contributed by atoms with E-state index in [1.54, 1.807) is 0 Å². The van der Waals surface area contributed by atoms with Gasteiger partial charge >= 0.3 is 0 Å². The lowest BCUT2D eigenvalue weighted by molar-refractivity contribution is -0.131. The van der Waals surface area contributed by atoms with Crippen LogP contribution in [0.5, 0.6) is 11.5 Å². The van der Waals surface area contributed by atoms with Gasteiger partial charge in [0.1, 0.15) is 22.8 Å². The third-order valence-electron chi connectivity index (χ3n) is 5.73. The molecular formula is C26H22F4N4O4. The molecule has 0 aliphatic heterocycles. The summed E-state index contributed by atoms with van der Waals surface area (Å²) in [5.74, 6) is -5.64. The monoisotopic (exact) mass is 530 g/mol. The van der Waals surface area contributed by atoms with Crippen LogP contribution in [0.2, 0.25) is 0 Å². The Morgan fingerprint density at radius 2 is 1.55 bits per heavy atom. The van der Waals surface area contributed by atoms with Crippen LogP contribution in [0.1, 0.15) is 26.7 Å². The number of hydrogen-bond acceptors (Lipinski definition) is 5. The molecule has 38 heavy (non-hydrogen) atoms. The maximum Gasteiger partial charge on any atom is 0.262 e. The number of carbonyl (C=O) groups excluding carboxylic acids is 3. The van der Waals surface area contributed by atoms with Crippen molar-refractivity contribution in [1.29, 1.82) is 0 Å². The number of alkyl halides is 1. The van der Waals surface area contributed by atoms with Gasteiger partial charge in [-0.25, -0.2) is 22.5 Å². The number of aromatic nitrogens is 1. The largest absolute Gasteiger partial charge is 0.454 e. The normalized spacial score (nSPS) is 13.8. The first kappa shape index (κ1) is 26.6. The predicted octanol–water partition coefficient (Wildman–Crippen LogP) is 5.34. The first-order chi connectivity index (χ1) is 17.9. The second-order valence-electron chi connectivity index (χ2n) is 9.17. The van der Waals surface area contributed by atoms with E-state index in [1.807, 2.05) is 0 Å². The molecule has 3 amide bonds. The average molecular weight is 530 g/mol. The highest BCUT2D eigenvalue weighted by atomic mass is 19.1. The number of pyridine rings is 1. The lowest BCUT2D eigenvalue weighted by Gasteiger charge is -2.17. The van der Waals surface area contributed by atoms with Gasteiger partial charge in [-0.3, -0.25) is 14.4 Å². The molecule has 12 heteroatoms. The highest BCUT2D eigenvalue weighted by Gasteiger charge is 2.56. The molecule has 0 saturated heterocycles. The Balaban J connectivity index is 1.44. The van der Waals surface area contributed by atoms with Crippen LogP contribution in [0.4, 0.5) is 34.8 Å². The summed E-state index contributed by atoms with van der Waals surface area (Å²) >= 11 is 0. The van der Waals surface area contributed by atoms with Crippen molar-refractivity contribution in [2.45, 2.75) is 32.4 Å². The lowest BCUT2D eigenvalue weighted by atomic mass is 10.0. The van der Waals surface area contributed by atoms with Crippen molar-refractivity contribution >= 4 is 34.9 Å². The molecule has 1 heterocycles. The van der Waals surface area contributed by atoms with Gasteiger partial charge in [-0.1, -0.05) is 0 Å². The number of benzene rings is 2. The maximum absolute atomic E-state index is 14.8. The Labute approximate surface area is 214 Å². The minimum Gasteiger partial charge on any atom is -0.454 e. The fraction of sp³-hybridized carbons (Fsp3) is 0.231. The molecule has 3 aromatic rings. The Morgan fingerprint density at radius 3 is 2.18 bits per heavy atom. The molecule has 4 rings (SSSR count). The molecule has 0 bridgehead atoms. The summed E-state index contributed by atoms with van der Waals surface area (Å²) in [7, 11) is 0. The number of carbonyl (C=O) groups is 3. The Hall–Kier alpha value is -4.48. The fourth-order valence-corrected chi connectivity index (χ4v) is 3.35. The Kier molecular flexibility index (Phi) is 7.07. The molecule has 1 aromatic heterocycles. The van der Waals surface area contributed by atoms with Gasteiger partial charge in [0.2, 0.25) is 11.8 Å². The number of anilines is 3. The zero-order chi connectivity index (χ0) is 27.7. The fourth-order valence-electron chi connectivity index (χ4n) is 3.35. The van der Waals surface area contributed by atoms with Crippen molar-refractivity contribution in [3.05, 3.63) is 72.2 Å². The van der Waals surface area contributed by atoms with Crippen molar-refractivity contribution in [2.24, 2.45) is 5.41 Å². The number of rotatable bonds is 8. The standard InChI is InChI=1S/C26H22F4N4O4/c1-25(2,30)22(35)34-21-11-16(7-10-31-21)38-20-13-17(28)19(12-18(20)29)33-24(37)26(8-9-26)23(36)32-15-5-3-14(27)4-6-15/h3-7,10-13H,8-9H2,1-2H3,(H,32,36)(H,33,37)(H,31,34,35). The van der Waals surface area contributed by atoms with Crippen LogP contribution in [0.25, 0.3) is 0 Å². The summed E-state index contributed by atoms with van der Waals surface area (Å²) in [6.45, 7) is 2.12. The first-order valence-corrected chi connectivity index (χ1v) is 11.4. The molecule has 2 aromatic carbocycles. The Bertz CT molecular complexity index is 1400. The summed E-state index contributed by atoms with van der Waals surface area (Å²) < 4.78 is 61.7. The van der Waals surface area contributed by atoms with Crippen LogP contribution >= 0.6 is 0 Å². The number of halogens is 4. The number of hydrogen-bond donors (Lipinski definition) is 3. The van der Waals surface area contributed by atoms with E-state index in [0.717, 1.165) is 26.0 Å². The molecule has 1 aliphatic rings. The van der Waals surface area contributed by atoms with Crippen molar-refractivity contribution < 1.29 is 36.7 Å². The van der Waals surface area contributed by atoms with Crippen molar-refractivity contribution in [3.63, 3.8) is 0 Å². The smallest absolute Gasteiger partial charge is 0.262 e. The summed E-state index contributed by atoms with van der Waals surface area (Å²) in [6.07, 6.45) is 1.60. The van der Waals surface area contributed by atoms with Gasteiger partial charge in [-0.05, 0) is 57.0 Å². The third-order valence-corrected chi connectivity index (χ3v) is 5.73. The van der Waals surface area contributed by atoms with Crippen LogP contribution < -0.4 is 20.7 Å². The van der Waals surface area contributed by atoms with E-state index in [4.69, 9.17) is 4.74 Å². The first-order valence-electron chi connectivity index (χ1n) is 11.4. The topological polar surface area (TPSA) is 109 Å². The van der Waals surface area contributed by atoms with Gasteiger partial charge in [-0.2, -0.15) is 0 Å². The lowest BCUT2D eigenvalue weighted by Crippen LogP contribution is -2.35. The molecule has 1 fully saturated rings. The SMILES string of the molecule is CC(C)(F)C(=O)Nc1cc(Oc2cc(F)c(NC(=O)C3(C(=O)Nc4ccc(F)cc4)CC3)cc2F)ccn1. The van der Waals surface area contributed by atoms with Crippen LogP contribution in [0.3, 0.4) is 0 Å². The number of nitrogens with one attached hydrogen (secondary N) is 3. The predicted molar refractivity (Wildman–Crippen MR) is 130 cm³/mol. The highest BCUT2D eigenvalue weighted by Crippen LogP contribution is 2.47. The van der Waals surface area contributed by atoms with Crippen molar-refractivity contribution in [1.82, 2.24) is 4.98 Å². The van der Waals surface area contributed by atoms with E-state index in [1.165, 1.54) is 30.5 Å². The van der Waals surface area contributed by atoms with Crippen LogP contribution in [-0.2, 0) is 14.4 Å². The van der Waals surface area contributed by atoms with E-state index in [2.05, 4.69) is 20.9 Å². The van der Waals surface area contributed by atoms with E-state index >= 15 is 0 Å². The molecule has 0 radical (unpaired) electrons. The number of ether oxygens (including phenoxy) is 1. The minimum atomic E-state index is -2.17. The number of amides is 3. The molecule has 1 aliphatic carbocycles. The maximum atomic E-state index is 14.8. The number of nitrogens with zero attached hydrogens (tertiary/aromatic N) is 1. The zero-order valence-electron chi connectivity index (χ0n) is 20.2. The second kappa shape index (κ2) is 10.1. The van der Waals surface area contributed by atoms with E-state index in [9.17, 15) is 31.9 Å². The molecule has 3 N–H and O–H groups in total. The van der Waals surface area contributed by atoms with E-state index in [-0.39, 0.29) is 30.1 Å². The van der Waals surface area contributed by atoms with Crippen LogP contribution in [0, 0.1) is 22.9 Å². The van der Waals surface area contributed by atoms with Crippen LogP contribution in [0.15, 0.2) is 54.7 Å². The zero-order valence-corrected chi connectivity index (χ0v) is 20.2. The Morgan fingerprint density at radius 1 is 0.895 bits per heavy atom. The van der Waals surface area contributed by atoms with Crippen LogP contribution in [-0.4, -0.2) is 28.4 Å². The minimum absolute atomic E-state index is 0.0311. The highest BCUT2D eigenvalue weighted by molar-refractivity contribution is 6.17. The second-order valence-corrected chi connectivity index (χ2v) is 9.17. The average Bonchev–Trinajstić information content (AvgIpc) is 3.66. The molecule has 8 nitrogen and oxygen atoms in total. The molecule has 198 valence electrons. The molecular weight excluding hydrogens is 508 g/mol. The van der Waals surface area contributed by atoms with E-state index < -0.39 is 57.7 Å². The van der Waals surface area contributed by atoms with Crippen molar-refractivity contribution in [2.75, 3.05) is 16.0 Å². The molecule has 0 atom stereocenters. The summed E-state index contributed by atoms with van der Waals surface area (Å²) in [4.78, 5) is 41.1. The van der Waals surface area contributed by atoms with Gasteiger partial charge in [0.15, 0.2) is 23.1 Å². The summed E-state index contributed by atoms with van der Waals surface area (Å²) in [5, 5.41) is 7.00. The van der Waals surface area contributed by atoms with Gasteiger partial charge in [0.25, 0.3) is 5.91 Å². The van der Waals surface area contributed by atoms with Gasteiger partial charge in [0, 0.05) is 30.1 Å². The summed E-state index contributed by atoms with van der Waals surface area (Å²) in [6, 6.07) is 8.84. The quantitative estimate of drug-likeness (QED) is 0.269. The molecule has 1 saturated carbocycles.